The summed E-state index contributed by atoms with van der Waals surface area (Å²) in [4.78, 5) is 16.6. The number of methoxy groups -OCH3 is 4. The first-order valence-corrected chi connectivity index (χ1v) is 8.07. The van der Waals surface area contributed by atoms with E-state index >= 15 is 0 Å². The molecule has 0 radical (unpaired) electrons. The maximum absolute atomic E-state index is 12.3. The summed E-state index contributed by atoms with van der Waals surface area (Å²) in [5.41, 5.74) is 1.34. The largest absolute Gasteiger partial charge is 0.496 e. The van der Waals surface area contributed by atoms with E-state index in [2.05, 4.69) is 4.99 Å². The monoisotopic (exact) mass is 369 g/mol. The van der Waals surface area contributed by atoms with Crippen LogP contribution in [0.4, 0.5) is 0 Å². The van der Waals surface area contributed by atoms with Crippen LogP contribution in [0.3, 0.4) is 0 Å². The summed E-state index contributed by atoms with van der Waals surface area (Å²) in [5.74, 6) is 1.72. The molecule has 0 amide bonds. The molecule has 0 N–H and O–H groups in total. The summed E-state index contributed by atoms with van der Waals surface area (Å²) in [6.07, 6.45) is 1.57. The summed E-state index contributed by atoms with van der Waals surface area (Å²) in [5, 5.41) is 0. The number of nitrogens with zero attached hydrogens (tertiary/aromatic N) is 1. The SMILES string of the molecule is COc1cc(OC)c(OC)cc1/C=C1/N=C(c2ccccc2OC)OC1=O. The number of hydrogen-bond acceptors (Lipinski definition) is 7. The summed E-state index contributed by atoms with van der Waals surface area (Å²) in [6, 6.07) is 10.6. The maximum Gasteiger partial charge on any atom is 0.363 e. The van der Waals surface area contributed by atoms with Crippen LogP contribution >= 0.6 is 0 Å². The smallest absolute Gasteiger partial charge is 0.363 e. The first-order chi connectivity index (χ1) is 13.1. The van der Waals surface area contributed by atoms with Gasteiger partial charge in [0.1, 0.15) is 11.5 Å². The molecule has 0 spiro atoms. The normalized spacial score (nSPS) is 14.6. The molecule has 2 aromatic rings. The lowest BCUT2D eigenvalue weighted by molar-refractivity contribution is -0.129. The summed E-state index contributed by atoms with van der Waals surface area (Å²) >= 11 is 0. The first-order valence-electron chi connectivity index (χ1n) is 8.07. The molecule has 7 heteroatoms. The first kappa shape index (κ1) is 18.3. The Balaban J connectivity index is 2.04. The zero-order valence-electron chi connectivity index (χ0n) is 15.4. The molecule has 140 valence electrons. The Kier molecular flexibility index (Phi) is 5.30. The van der Waals surface area contributed by atoms with E-state index in [0.717, 1.165) is 0 Å². The highest BCUT2D eigenvalue weighted by Crippen LogP contribution is 2.36. The molecule has 27 heavy (non-hydrogen) atoms. The van der Waals surface area contributed by atoms with E-state index in [1.165, 1.54) is 21.3 Å². The number of benzene rings is 2. The molecule has 3 rings (SSSR count). The van der Waals surface area contributed by atoms with Gasteiger partial charge >= 0.3 is 5.97 Å². The minimum absolute atomic E-state index is 0.140. The van der Waals surface area contributed by atoms with Gasteiger partial charge in [-0.2, -0.15) is 0 Å². The highest BCUT2D eigenvalue weighted by molar-refractivity contribution is 6.13. The Bertz CT molecular complexity index is 932. The van der Waals surface area contributed by atoms with E-state index in [1.807, 2.05) is 12.1 Å². The summed E-state index contributed by atoms with van der Waals surface area (Å²) in [7, 11) is 6.14. The number of carbonyl (C=O) groups excluding carboxylic acids is 1. The molecule has 2 aromatic carbocycles. The minimum Gasteiger partial charge on any atom is -0.496 e. The van der Waals surface area contributed by atoms with Crippen LogP contribution in [0.5, 0.6) is 23.0 Å². The number of carbonyl (C=O) groups is 1. The van der Waals surface area contributed by atoms with Crippen molar-refractivity contribution in [1.29, 1.82) is 0 Å². The number of ether oxygens (including phenoxy) is 5. The quantitative estimate of drug-likeness (QED) is 0.575. The third-order valence-electron chi connectivity index (χ3n) is 3.99. The molecule has 0 bridgehead atoms. The van der Waals surface area contributed by atoms with Crippen molar-refractivity contribution in [1.82, 2.24) is 0 Å². The third kappa shape index (κ3) is 3.57. The number of aliphatic imine (C=N–C) groups is 1. The Morgan fingerprint density at radius 3 is 2.15 bits per heavy atom. The average Bonchev–Trinajstić information content (AvgIpc) is 3.07. The number of rotatable bonds is 6. The van der Waals surface area contributed by atoms with Gasteiger partial charge in [0.15, 0.2) is 17.2 Å². The van der Waals surface area contributed by atoms with Gasteiger partial charge in [-0.1, -0.05) is 12.1 Å². The van der Waals surface area contributed by atoms with Gasteiger partial charge in [0.05, 0.1) is 34.0 Å². The van der Waals surface area contributed by atoms with E-state index in [0.29, 0.717) is 34.1 Å². The highest BCUT2D eigenvalue weighted by Gasteiger charge is 2.26. The van der Waals surface area contributed by atoms with Crippen molar-refractivity contribution >= 4 is 17.9 Å². The van der Waals surface area contributed by atoms with Gasteiger partial charge in [-0.25, -0.2) is 9.79 Å². The lowest BCUT2D eigenvalue weighted by Crippen LogP contribution is -2.06. The highest BCUT2D eigenvalue weighted by atomic mass is 16.6. The summed E-state index contributed by atoms with van der Waals surface area (Å²) in [6.45, 7) is 0. The molecule has 0 unspecified atom stereocenters. The predicted octanol–water partition coefficient (Wildman–Crippen LogP) is 3.07. The van der Waals surface area contributed by atoms with Crippen LogP contribution in [0.1, 0.15) is 11.1 Å². The molecule has 1 aliphatic heterocycles. The Labute approximate surface area is 156 Å². The third-order valence-corrected chi connectivity index (χ3v) is 3.99. The van der Waals surface area contributed by atoms with Crippen molar-refractivity contribution in [3.63, 3.8) is 0 Å². The maximum atomic E-state index is 12.3. The van der Waals surface area contributed by atoms with E-state index < -0.39 is 5.97 Å². The number of hydrogen-bond donors (Lipinski definition) is 0. The molecular weight excluding hydrogens is 350 g/mol. The van der Waals surface area contributed by atoms with E-state index in [-0.39, 0.29) is 11.6 Å². The fraction of sp³-hybridized carbons (Fsp3) is 0.200. The van der Waals surface area contributed by atoms with Crippen molar-refractivity contribution in [3.05, 3.63) is 53.2 Å². The molecule has 0 saturated carbocycles. The zero-order chi connectivity index (χ0) is 19.4. The van der Waals surface area contributed by atoms with Crippen LogP contribution < -0.4 is 18.9 Å². The van der Waals surface area contributed by atoms with Gasteiger partial charge in [-0.3, -0.25) is 0 Å². The fourth-order valence-electron chi connectivity index (χ4n) is 2.66. The Morgan fingerprint density at radius 1 is 0.852 bits per heavy atom. The van der Waals surface area contributed by atoms with Gasteiger partial charge in [-0.15, -0.1) is 0 Å². The van der Waals surface area contributed by atoms with Crippen LogP contribution in [0.15, 0.2) is 47.1 Å². The molecule has 0 fully saturated rings. The molecule has 0 saturated heterocycles. The second-order valence-electron chi connectivity index (χ2n) is 5.49. The van der Waals surface area contributed by atoms with Gasteiger partial charge in [0, 0.05) is 11.6 Å². The standard InChI is InChI=1S/C20H19NO6/c1-23-15-8-6-5-7-13(15)19-21-14(20(22)27-19)9-12-10-17(25-3)18(26-4)11-16(12)24-2/h5-11H,1-4H3/b14-9+. The molecule has 7 nitrogen and oxygen atoms in total. The second-order valence-corrected chi connectivity index (χ2v) is 5.49. The lowest BCUT2D eigenvalue weighted by Gasteiger charge is -2.12. The van der Waals surface area contributed by atoms with Gasteiger partial charge in [0.25, 0.3) is 0 Å². The number of cyclic esters (lactones) is 1. The number of esters is 1. The van der Waals surface area contributed by atoms with Gasteiger partial charge < -0.3 is 23.7 Å². The molecule has 1 heterocycles. The molecule has 1 aliphatic rings. The van der Waals surface area contributed by atoms with E-state index in [9.17, 15) is 4.79 Å². The minimum atomic E-state index is -0.562. The van der Waals surface area contributed by atoms with Crippen LogP contribution in [-0.4, -0.2) is 40.3 Å². The zero-order valence-corrected chi connectivity index (χ0v) is 15.4. The fourth-order valence-corrected chi connectivity index (χ4v) is 2.66. The Morgan fingerprint density at radius 2 is 1.48 bits per heavy atom. The van der Waals surface area contributed by atoms with Crippen molar-refractivity contribution in [3.8, 4) is 23.0 Å². The summed E-state index contributed by atoms with van der Waals surface area (Å²) < 4.78 is 26.6. The predicted molar refractivity (Wildman–Crippen MR) is 99.7 cm³/mol. The molecule has 0 atom stereocenters. The second kappa shape index (κ2) is 7.82. The van der Waals surface area contributed by atoms with Crippen molar-refractivity contribution in [2.24, 2.45) is 4.99 Å². The van der Waals surface area contributed by atoms with Crippen LogP contribution in [0.25, 0.3) is 6.08 Å². The van der Waals surface area contributed by atoms with E-state index in [4.69, 9.17) is 23.7 Å². The van der Waals surface area contributed by atoms with Gasteiger partial charge in [0.2, 0.25) is 5.90 Å². The molecular formula is C20H19NO6. The molecule has 0 aliphatic carbocycles. The van der Waals surface area contributed by atoms with Crippen LogP contribution in [0.2, 0.25) is 0 Å². The van der Waals surface area contributed by atoms with Crippen molar-refractivity contribution in [2.75, 3.05) is 28.4 Å². The number of para-hydroxylation sites is 1. The average molecular weight is 369 g/mol. The van der Waals surface area contributed by atoms with Crippen LogP contribution in [0, 0.1) is 0 Å². The van der Waals surface area contributed by atoms with Gasteiger partial charge in [-0.05, 0) is 24.3 Å². The van der Waals surface area contributed by atoms with Crippen molar-refractivity contribution < 1.29 is 28.5 Å². The van der Waals surface area contributed by atoms with E-state index in [1.54, 1.807) is 37.5 Å². The topological polar surface area (TPSA) is 75.6 Å². The molecule has 0 aromatic heterocycles. The Hall–Kier alpha value is -3.48. The lowest BCUT2D eigenvalue weighted by atomic mass is 10.1. The van der Waals surface area contributed by atoms with Crippen LogP contribution in [-0.2, 0) is 9.53 Å². The van der Waals surface area contributed by atoms with Crippen molar-refractivity contribution in [2.45, 2.75) is 0 Å².